The third kappa shape index (κ3) is 4.32. The molecule has 0 aliphatic carbocycles. The molecule has 6 nitrogen and oxygen atoms in total. The van der Waals surface area contributed by atoms with Crippen molar-refractivity contribution in [2.24, 2.45) is 0 Å². The van der Waals surface area contributed by atoms with E-state index in [1.165, 1.54) is 18.4 Å². The first-order chi connectivity index (χ1) is 15.6. The fourth-order valence-electron chi connectivity index (χ4n) is 4.52. The molecule has 2 aliphatic heterocycles. The van der Waals surface area contributed by atoms with Gasteiger partial charge in [-0.1, -0.05) is 26.8 Å². The van der Waals surface area contributed by atoms with Crippen molar-refractivity contribution in [2.75, 3.05) is 20.3 Å². The summed E-state index contributed by atoms with van der Waals surface area (Å²) in [5, 5.41) is 13.5. The highest BCUT2D eigenvalue weighted by atomic mass is 32.1. The molecular formula is C26H31NO5S. The quantitative estimate of drug-likeness (QED) is 0.380. The smallest absolute Gasteiger partial charge is 0.295 e. The van der Waals surface area contributed by atoms with Crippen molar-refractivity contribution in [1.29, 1.82) is 0 Å². The first-order valence-corrected chi connectivity index (χ1v) is 12.1. The van der Waals surface area contributed by atoms with Crippen LogP contribution >= 0.6 is 11.3 Å². The van der Waals surface area contributed by atoms with Gasteiger partial charge < -0.3 is 19.5 Å². The summed E-state index contributed by atoms with van der Waals surface area (Å²) in [6.07, 6.45) is 1.68. The van der Waals surface area contributed by atoms with Crippen molar-refractivity contribution in [2.45, 2.75) is 58.1 Å². The minimum absolute atomic E-state index is 0.105. The Labute approximate surface area is 198 Å². The standard InChI is InChI=1S/C26H31NO5S/c1-15-10-12-33-24(15)21-20(23(29)25(30)27(21)14-17-7-6-11-32-17)22(28)18-13-16(26(2,3)4)8-9-19(18)31-5/h8-10,12-13,17,21,28H,6-7,11,14H2,1-5H3/b22-20+. The first kappa shape index (κ1) is 23.5. The van der Waals surface area contributed by atoms with Crippen LogP contribution in [0.4, 0.5) is 0 Å². The number of ketones is 1. The van der Waals surface area contributed by atoms with Crippen LogP contribution in [0, 0.1) is 6.92 Å². The maximum atomic E-state index is 13.3. The van der Waals surface area contributed by atoms with Gasteiger partial charge in [0.2, 0.25) is 0 Å². The Morgan fingerprint density at radius 1 is 1.27 bits per heavy atom. The van der Waals surface area contributed by atoms with Gasteiger partial charge in [0.1, 0.15) is 11.5 Å². The van der Waals surface area contributed by atoms with Crippen molar-refractivity contribution in [1.82, 2.24) is 4.90 Å². The molecule has 0 saturated carbocycles. The van der Waals surface area contributed by atoms with Gasteiger partial charge in [-0.25, -0.2) is 0 Å². The van der Waals surface area contributed by atoms with Crippen molar-refractivity contribution in [3.63, 3.8) is 0 Å². The third-order valence-corrected chi connectivity index (χ3v) is 7.51. The molecule has 3 heterocycles. The molecular weight excluding hydrogens is 438 g/mol. The second kappa shape index (κ2) is 8.95. The molecule has 2 fully saturated rings. The molecule has 1 aromatic heterocycles. The molecule has 1 amide bonds. The predicted molar refractivity (Wildman–Crippen MR) is 129 cm³/mol. The molecule has 2 saturated heterocycles. The van der Waals surface area contributed by atoms with Gasteiger partial charge in [-0.3, -0.25) is 9.59 Å². The zero-order chi connectivity index (χ0) is 23.9. The Balaban J connectivity index is 1.89. The topological polar surface area (TPSA) is 76.1 Å². The van der Waals surface area contributed by atoms with Crippen molar-refractivity contribution in [3.8, 4) is 5.75 Å². The molecule has 2 atom stereocenters. The predicted octanol–water partition coefficient (Wildman–Crippen LogP) is 4.96. The third-order valence-electron chi connectivity index (χ3n) is 6.43. The van der Waals surface area contributed by atoms with Gasteiger partial charge in [-0.05, 0) is 59.9 Å². The van der Waals surface area contributed by atoms with Gasteiger partial charge in [0.05, 0.1) is 30.4 Å². The zero-order valence-corrected chi connectivity index (χ0v) is 20.6. The summed E-state index contributed by atoms with van der Waals surface area (Å²) < 4.78 is 11.3. The number of aliphatic hydroxyl groups excluding tert-OH is 1. The van der Waals surface area contributed by atoms with Crippen LogP contribution in [0.3, 0.4) is 0 Å². The van der Waals surface area contributed by atoms with Crippen LogP contribution in [0.1, 0.15) is 61.2 Å². The van der Waals surface area contributed by atoms with Gasteiger partial charge in [0.15, 0.2) is 0 Å². The van der Waals surface area contributed by atoms with Crippen LogP contribution in [-0.2, 0) is 19.7 Å². The first-order valence-electron chi connectivity index (χ1n) is 11.3. The van der Waals surface area contributed by atoms with Crippen molar-refractivity contribution >= 4 is 28.8 Å². The Morgan fingerprint density at radius 3 is 2.61 bits per heavy atom. The lowest BCUT2D eigenvalue weighted by Gasteiger charge is -2.27. The summed E-state index contributed by atoms with van der Waals surface area (Å²) in [5.74, 6) is -1.03. The van der Waals surface area contributed by atoms with E-state index in [1.54, 1.807) is 11.0 Å². The van der Waals surface area contributed by atoms with E-state index in [9.17, 15) is 14.7 Å². The number of hydrogen-bond acceptors (Lipinski definition) is 6. The number of amides is 1. The fraction of sp³-hybridized carbons (Fsp3) is 0.462. The zero-order valence-electron chi connectivity index (χ0n) is 19.8. The lowest BCUT2D eigenvalue weighted by atomic mass is 9.85. The molecule has 0 radical (unpaired) electrons. The van der Waals surface area contributed by atoms with Gasteiger partial charge >= 0.3 is 0 Å². The average Bonchev–Trinajstić information content (AvgIpc) is 3.49. The van der Waals surface area contributed by atoms with Crippen LogP contribution in [-0.4, -0.2) is 48.1 Å². The van der Waals surface area contributed by atoms with Crippen molar-refractivity contribution < 1.29 is 24.2 Å². The maximum absolute atomic E-state index is 13.3. The van der Waals surface area contributed by atoms with Crippen LogP contribution in [0.2, 0.25) is 0 Å². The number of carbonyl (C=O) groups excluding carboxylic acids is 2. The van der Waals surface area contributed by atoms with Crippen LogP contribution in [0.25, 0.3) is 5.76 Å². The van der Waals surface area contributed by atoms with Crippen LogP contribution in [0.15, 0.2) is 35.2 Å². The number of nitrogens with zero attached hydrogens (tertiary/aromatic N) is 1. The summed E-state index contributed by atoms with van der Waals surface area (Å²) in [6.45, 7) is 9.17. The molecule has 176 valence electrons. The number of aryl methyl sites for hydroxylation is 1. The van der Waals surface area contributed by atoms with E-state index >= 15 is 0 Å². The average molecular weight is 470 g/mol. The molecule has 1 N–H and O–H groups in total. The summed E-state index contributed by atoms with van der Waals surface area (Å²) >= 11 is 1.48. The van der Waals surface area contributed by atoms with Gasteiger partial charge in [-0.2, -0.15) is 0 Å². The molecule has 2 aliphatic rings. The summed E-state index contributed by atoms with van der Waals surface area (Å²) in [4.78, 5) is 28.9. The lowest BCUT2D eigenvalue weighted by Crippen LogP contribution is -2.36. The van der Waals surface area contributed by atoms with E-state index in [0.717, 1.165) is 28.8 Å². The van der Waals surface area contributed by atoms with Crippen LogP contribution < -0.4 is 4.74 Å². The number of rotatable bonds is 5. The number of likely N-dealkylation sites (tertiary alicyclic amines) is 1. The SMILES string of the molecule is COc1ccc(C(C)(C)C)cc1/C(O)=C1\C(=O)C(=O)N(CC2CCCO2)C1c1sccc1C. The molecule has 1 aromatic carbocycles. The summed E-state index contributed by atoms with van der Waals surface area (Å²) in [6, 6.07) is 6.90. The van der Waals surface area contributed by atoms with E-state index in [-0.39, 0.29) is 22.9 Å². The molecule has 0 spiro atoms. The highest BCUT2D eigenvalue weighted by molar-refractivity contribution is 7.10. The molecule has 33 heavy (non-hydrogen) atoms. The molecule has 7 heteroatoms. The largest absolute Gasteiger partial charge is 0.507 e. The van der Waals surface area contributed by atoms with Crippen LogP contribution in [0.5, 0.6) is 5.75 Å². The number of aliphatic hydroxyl groups is 1. The molecule has 0 bridgehead atoms. The van der Waals surface area contributed by atoms with E-state index in [4.69, 9.17) is 9.47 Å². The van der Waals surface area contributed by atoms with Gasteiger partial charge in [-0.15, -0.1) is 11.3 Å². The number of methoxy groups -OCH3 is 1. The van der Waals surface area contributed by atoms with Gasteiger partial charge in [0.25, 0.3) is 11.7 Å². The Hall–Kier alpha value is -2.64. The normalized spacial score (nSPS) is 22.9. The molecule has 2 aromatic rings. The number of Topliss-reactive ketones (excluding diaryl/α,β-unsaturated/α-hetero) is 1. The monoisotopic (exact) mass is 469 g/mol. The lowest BCUT2D eigenvalue weighted by molar-refractivity contribution is -0.140. The minimum Gasteiger partial charge on any atom is -0.507 e. The Kier molecular flexibility index (Phi) is 6.38. The molecule has 2 unspecified atom stereocenters. The second-order valence-electron chi connectivity index (χ2n) is 9.72. The number of ether oxygens (including phenoxy) is 2. The van der Waals surface area contributed by atoms with E-state index < -0.39 is 17.7 Å². The van der Waals surface area contributed by atoms with E-state index in [2.05, 4.69) is 20.8 Å². The van der Waals surface area contributed by atoms with Gasteiger partial charge in [0, 0.05) is 18.0 Å². The summed E-state index contributed by atoms with van der Waals surface area (Å²) in [5.41, 5.74) is 2.32. The maximum Gasteiger partial charge on any atom is 0.295 e. The van der Waals surface area contributed by atoms with Crippen molar-refractivity contribution in [3.05, 3.63) is 56.8 Å². The highest BCUT2D eigenvalue weighted by Gasteiger charge is 2.48. The second-order valence-corrected chi connectivity index (χ2v) is 10.7. The highest BCUT2D eigenvalue weighted by Crippen LogP contribution is 2.44. The number of benzene rings is 1. The number of carbonyl (C=O) groups is 2. The molecule has 4 rings (SSSR count). The number of hydrogen-bond donors (Lipinski definition) is 1. The minimum atomic E-state index is -0.675. The Bertz CT molecular complexity index is 1100. The number of thiophene rings is 1. The van der Waals surface area contributed by atoms with E-state index in [1.807, 2.05) is 30.5 Å². The Morgan fingerprint density at radius 2 is 2.03 bits per heavy atom. The van der Waals surface area contributed by atoms with E-state index in [0.29, 0.717) is 24.5 Å². The summed E-state index contributed by atoms with van der Waals surface area (Å²) in [7, 11) is 1.53. The fourth-order valence-corrected chi connectivity index (χ4v) is 5.56.